The summed E-state index contributed by atoms with van der Waals surface area (Å²) < 4.78 is 5.53. The van der Waals surface area contributed by atoms with Crippen LogP contribution in [0.25, 0.3) is 10.8 Å². The molecule has 1 amide bonds. The Bertz CT molecular complexity index is 1050. The molecule has 4 nitrogen and oxygen atoms in total. The minimum absolute atomic E-state index is 0.0397. The van der Waals surface area contributed by atoms with Crippen molar-refractivity contribution in [1.29, 1.82) is 0 Å². The smallest absolute Gasteiger partial charge is 0.410 e. The van der Waals surface area contributed by atoms with E-state index in [0.29, 0.717) is 13.1 Å². The number of nitrogens with zero attached hydrogens (tertiary/aromatic N) is 1. The van der Waals surface area contributed by atoms with Gasteiger partial charge in [-0.3, -0.25) is 0 Å². The Balaban J connectivity index is 1.32. The van der Waals surface area contributed by atoms with Crippen LogP contribution in [-0.4, -0.2) is 35.8 Å². The van der Waals surface area contributed by atoms with Gasteiger partial charge in [0.2, 0.25) is 0 Å². The molecule has 2 atom stereocenters. The Morgan fingerprint density at radius 2 is 1.76 bits per heavy atom. The van der Waals surface area contributed by atoms with Crippen molar-refractivity contribution < 1.29 is 14.6 Å². The number of rotatable bonds is 4. The van der Waals surface area contributed by atoms with E-state index in [-0.39, 0.29) is 30.1 Å². The fourth-order valence-corrected chi connectivity index (χ4v) is 5.13. The monoisotopic (exact) mass is 387 g/mol. The maximum absolute atomic E-state index is 12.6. The van der Waals surface area contributed by atoms with E-state index in [1.807, 2.05) is 30.3 Å². The predicted octanol–water partition coefficient (Wildman–Crippen LogP) is 4.50. The van der Waals surface area contributed by atoms with E-state index in [1.165, 1.54) is 16.3 Å². The second-order valence-electron chi connectivity index (χ2n) is 8.47. The second-order valence-corrected chi connectivity index (χ2v) is 8.47. The number of benzene rings is 3. The minimum Gasteiger partial charge on any atom is -0.445 e. The highest BCUT2D eigenvalue weighted by atomic mass is 16.6. The van der Waals surface area contributed by atoms with Crippen LogP contribution in [0.15, 0.2) is 72.8 Å². The molecule has 0 aromatic heterocycles. The summed E-state index contributed by atoms with van der Waals surface area (Å²) in [6, 6.07) is 24.7. The third-order valence-electron chi connectivity index (χ3n) is 6.90. The number of amides is 1. The zero-order chi connectivity index (χ0) is 19.9. The van der Waals surface area contributed by atoms with Crippen molar-refractivity contribution >= 4 is 16.9 Å². The Morgan fingerprint density at radius 1 is 1.00 bits per heavy atom. The predicted molar refractivity (Wildman–Crippen MR) is 113 cm³/mol. The summed E-state index contributed by atoms with van der Waals surface area (Å²) in [5.41, 5.74) is 1.95. The average Bonchev–Trinajstić information content (AvgIpc) is 3.48. The molecule has 3 aromatic rings. The summed E-state index contributed by atoms with van der Waals surface area (Å²) in [5.74, 6) is 0. The van der Waals surface area contributed by atoms with Crippen LogP contribution in [0.4, 0.5) is 4.79 Å². The van der Waals surface area contributed by atoms with Gasteiger partial charge in [-0.2, -0.15) is 0 Å². The molecule has 29 heavy (non-hydrogen) atoms. The summed E-state index contributed by atoms with van der Waals surface area (Å²) in [4.78, 5) is 14.4. The molecular weight excluding hydrogens is 362 g/mol. The normalized spacial score (nSPS) is 25.5. The van der Waals surface area contributed by atoms with Gasteiger partial charge in [-0.15, -0.1) is 0 Å². The van der Waals surface area contributed by atoms with Gasteiger partial charge < -0.3 is 14.7 Å². The minimum atomic E-state index is -0.291. The lowest BCUT2D eigenvalue weighted by atomic mass is 9.80. The Hall–Kier alpha value is -2.85. The van der Waals surface area contributed by atoms with E-state index in [4.69, 9.17) is 4.74 Å². The van der Waals surface area contributed by atoms with Gasteiger partial charge >= 0.3 is 6.09 Å². The highest BCUT2D eigenvalue weighted by molar-refractivity contribution is 5.83. The van der Waals surface area contributed by atoms with E-state index in [9.17, 15) is 9.90 Å². The molecule has 0 spiro atoms. The van der Waals surface area contributed by atoms with Crippen molar-refractivity contribution in [3.63, 3.8) is 0 Å². The molecule has 3 aromatic carbocycles. The summed E-state index contributed by atoms with van der Waals surface area (Å²) >= 11 is 0. The molecule has 5 rings (SSSR count). The Kier molecular flexibility index (Phi) is 4.32. The topological polar surface area (TPSA) is 49.8 Å². The lowest BCUT2D eigenvalue weighted by molar-refractivity contribution is 0.0583. The highest BCUT2D eigenvalue weighted by Gasteiger charge is 2.70. The lowest BCUT2D eigenvalue weighted by Gasteiger charge is -2.37. The maximum atomic E-state index is 12.6. The quantitative estimate of drug-likeness (QED) is 0.717. The van der Waals surface area contributed by atoms with Crippen molar-refractivity contribution in [1.82, 2.24) is 4.90 Å². The van der Waals surface area contributed by atoms with Crippen LogP contribution in [0.2, 0.25) is 0 Å². The average molecular weight is 387 g/mol. The maximum Gasteiger partial charge on any atom is 0.410 e. The third kappa shape index (κ3) is 2.99. The molecule has 1 aliphatic carbocycles. The molecular formula is C25H25NO3. The first-order valence-electron chi connectivity index (χ1n) is 10.2. The molecule has 2 aliphatic rings. The van der Waals surface area contributed by atoms with Gasteiger partial charge in [0.25, 0.3) is 0 Å². The molecule has 1 saturated heterocycles. The number of ether oxygens (including phenoxy) is 1. The van der Waals surface area contributed by atoms with Crippen molar-refractivity contribution in [2.75, 3.05) is 19.7 Å². The SMILES string of the molecule is O=C(OCc1ccccc1)N1CC[C@]2(c3ccc4ccccc4c3)C[C@]2(CO)C1. The van der Waals surface area contributed by atoms with Crippen LogP contribution in [-0.2, 0) is 16.8 Å². The van der Waals surface area contributed by atoms with Crippen molar-refractivity contribution in [3.8, 4) is 0 Å². The molecule has 0 bridgehead atoms. The van der Waals surface area contributed by atoms with Crippen LogP contribution < -0.4 is 0 Å². The van der Waals surface area contributed by atoms with E-state index in [1.54, 1.807) is 4.90 Å². The lowest BCUT2D eigenvalue weighted by Crippen LogP contribution is -2.46. The van der Waals surface area contributed by atoms with Gasteiger partial charge in [0.1, 0.15) is 6.61 Å². The van der Waals surface area contributed by atoms with Gasteiger partial charge in [0.05, 0.1) is 6.61 Å². The van der Waals surface area contributed by atoms with Gasteiger partial charge in [0.15, 0.2) is 0 Å². The number of likely N-dealkylation sites (tertiary alicyclic amines) is 1. The first-order chi connectivity index (χ1) is 14.2. The molecule has 2 fully saturated rings. The Labute approximate surface area is 170 Å². The van der Waals surface area contributed by atoms with Crippen molar-refractivity contribution in [3.05, 3.63) is 83.9 Å². The highest BCUT2D eigenvalue weighted by Crippen LogP contribution is 2.68. The van der Waals surface area contributed by atoms with Gasteiger partial charge in [0, 0.05) is 23.9 Å². The van der Waals surface area contributed by atoms with E-state index < -0.39 is 0 Å². The van der Waals surface area contributed by atoms with Crippen LogP contribution in [0, 0.1) is 5.41 Å². The van der Waals surface area contributed by atoms with E-state index in [0.717, 1.165) is 18.4 Å². The molecule has 1 heterocycles. The largest absolute Gasteiger partial charge is 0.445 e. The zero-order valence-electron chi connectivity index (χ0n) is 16.4. The van der Waals surface area contributed by atoms with Gasteiger partial charge in [-0.05, 0) is 34.7 Å². The number of carbonyl (C=O) groups is 1. The summed E-state index contributed by atoms with van der Waals surface area (Å²) in [6.07, 6.45) is 1.48. The number of carbonyl (C=O) groups excluding carboxylic acids is 1. The number of fused-ring (bicyclic) bond motifs is 2. The second kappa shape index (κ2) is 6.89. The zero-order valence-corrected chi connectivity index (χ0v) is 16.4. The summed E-state index contributed by atoms with van der Waals surface area (Å²) in [6.45, 7) is 1.56. The molecule has 0 radical (unpaired) electrons. The van der Waals surface area contributed by atoms with Gasteiger partial charge in [-0.25, -0.2) is 4.79 Å². The molecule has 148 valence electrons. The molecule has 0 unspecified atom stereocenters. The van der Waals surface area contributed by atoms with Crippen molar-refractivity contribution in [2.45, 2.75) is 24.9 Å². The number of aliphatic hydroxyl groups is 1. The van der Waals surface area contributed by atoms with Gasteiger partial charge in [-0.1, -0.05) is 72.8 Å². The van der Waals surface area contributed by atoms with Crippen molar-refractivity contribution in [2.24, 2.45) is 5.41 Å². The summed E-state index contributed by atoms with van der Waals surface area (Å²) in [7, 11) is 0. The van der Waals surface area contributed by atoms with Crippen LogP contribution in [0.5, 0.6) is 0 Å². The fourth-order valence-electron chi connectivity index (χ4n) is 5.13. The number of hydrogen-bond donors (Lipinski definition) is 1. The molecule has 4 heteroatoms. The van der Waals surface area contributed by atoms with Crippen LogP contribution in [0.3, 0.4) is 0 Å². The third-order valence-corrected chi connectivity index (χ3v) is 6.90. The molecule has 1 saturated carbocycles. The first kappa shape index (κ1) is 18.2. The fraction of sp³-hybridized carbons (Fsp3) is 0.320. The van der Waals surface area contributed by atoms with E-state index >= 15 is 0 Å². The Morgan fingerprint density at radius 3 is 2.55 bits per heavy atom. The standard InChI is InChI=1S/C25H25NO3/c27-18-24-16-25(24,22-11-10-20-8-4-5-9-21(20)14-22)12-13-26(17-24)23(28)29-15-19-6-2-1-3-7-19/h1-11,14,27H,12-13,15-18H2/t24-,25-/m1/s1. The first-order valence-corrected chi connectivity index (χ1v) is 10.2. The van der Waals surface area contributed by atoms with E-state index in [2.05, 4.69) is 42.5 Å². The number of piperidine rings is 1. The molecule has 1 N–H and O–H groups in total. The van der Waals surface area contributed by atoms with Crippen LogP contribution >= 0.6 is 0 Å². The molecule has 1 aliphatic heterocycles. The number of aliphatic hydroxyl groups excluding tert-OH is 1. The van der Waals surface area contributed by atoms with Crippen LogP contribution in [0.1, 0.15) is 24.0 Å². The number of hydrogen-bond acceptors (Lipinski definition) is 3. The summed E-state index contributed by atoms with van der Waals surface area (Å²) in [5, 5.41) is 12.7.